The van der Waals surface area contributed by atoms with E-state index in [4.69, 9.17) is 16.7 Å². The smallest absolute Gasteiger partial charge is 0.420 e. The van der Waals surface area contributed by atoms with Crippen molar-refractivity contribution in [1.29, 1.82) is 0 Å². The molecule has 7 heteroatoms. The molecule has 0 unspecified atom stereocenters. The van der Waals surface area contributed by atoms with E-state index in [0.29, 0.717) is 6.07 Å². The number of carboxylic acid groups (broad SMARTS) is 1. The highest BCUT2D eigenvalue weighted by Crippen LogP contribution is 2.42. The highest BCUT2D eigenvalue weighted by Gasteiger charge is 2.37. The molecule has 0 aliphatic rings. The molecule has 1 N–H and O–H groups in total. The van der Waals surface area contributed by atoms with Crippen molar-refractivity contribution >= 4 is 17.6 Å². The van der Waals surface area contributed by atoms with Crippen LogP contribution >= 0.6 is 11.6 Å². The summed E-state index contributed by atoms with van der Waals surface area (Å²) in [4.78, 5) is 10.8. The second-order valence-electron chi connectivity index (χ2n) is 3.25. The molecule has 0 aromatic heterocycles. The zero-order chi connectivity index (χ0) is 13.4. The number of benzene rings is 1. The lowest BCUT2D eigenvalue weighted by Crippen LogP contribution is -2.12. The van der Waals surface area contributed by atoms with E-state index in [-0.39, 0.29) is 10.6 Å². The lowest BCUT2D eigenvalue weighted by molar-refractivity contribution is -0.138. The Balaban J connectivity index is 3.65. The van der Waals surface area contributed by atoms with Crippen LogP contribution < -0.4 is 4.74 Å². The van der Waals surface area contributed by atoms with E-state index in [9.17, 15) is 18.0 Å². The summed E-state index contributed by atoms with van der Waals surface area (Å²) >= 11 is 5.67. The maximum atomic E-state index is 12.7. The molecule has 17 heavy (non-hydrogen) atoms. The summed E-state index contributed by atoms with van der Waals surface area (Å²) in [6, 6.07) is 0.516. The first-order valence-electron chi connectivity index (χ1n) is 4.37. The van der Waals surface area contributed by atoms with Crippen LogP contribution in [0.2, 0.25) is 5.02 Å². The highest BCUT2D eigenvalue weighted by atomic mass is 35.5. The molecule has 0 spiro atoms. The Morgan fingerprint density at radius 2 is 2.00 bits per heavy atom. The number of rotatable bonds is 2. The van der Waals surface area contributed by atoms with Crippen molar-refractivity contribution in [2.24, 2.45) is 0 Å². The van der Waals surface area contributed by atoms with E-state index < -0.39 is 29.0 Å². The van der Waals surface area contributed by atoms with Gasteiger partial charge in [-0.1, -0.05) is 11.6 Å². The number of carboxylic acids is 1. The minimum absolute atomic E-state index is 0.0315. The SMILES string of the molecule is COc1c(C(F)(F)F)cc(C(=O)O)c(C)c1Cl. The summed E-state index contributed by atoms with van der Waals surface area (Å²) in [7, 11) is 1.04. The molecule has 1 aromatic rings. The number of aromatic carboxylic acids is 1. The fourth-order valence-corrected chi connectivity index (χ4v) is 1.64. The second kappa shape index (κ2) is 4.44. The van der Waals surface area contributed by atoms with E-state index in [0.717, 1.165) is 7.11 Å². The lowest BCUT2D eigenvalue weighted by atomic mass is 10.0. The molecule has 0 saturated heterocycles. The van der Waals surface area contributed by atoms with Gasteiger partial charge < -0.3 is 9.84 Å². The average molecular weight is 269 g/mol. The molecule has 0 aliphatic heterocycles. The summed E-state index contributed by atoms with van der Waals surface area (Å²) in [5.41, 5.74) is -1.67. The molecule has 94 valence electrons. The van der Waals surface area contributed by atoms with Crippen LogP contribution in [-0.4, -0.2) is 18.2 Å². The van der Waals surface area contributed by atoms with Crippen molar-refractivity contribution in [2.45, 2.75) is 13.1 Å². The highest BCUT2D eigenvalue weighted by molar-refractivity contribution is 6.33. The molecular formula is C10H8ClF3O3. The van der Waals surface area contributed by atoms with Crippen molar-refractivity contribution in [3.63, 3.8) is 0 Å². The number of methoxy groups -OCH3 is 1. The minimum Gasteiger partial charge on any atom is -0.495 e. The Kier molecular flexibility index (Phi) is 3.56. The largest absolute Gasteiger partial charge is 0.495 e. The topological polar surface area (TPSA) is 46.5 Å². The normalized spacial score (nSPS) is 11.4. The van der Waals surface area contributed by atoms with Crippen molar-refractivity contribution in [2.75, 3.05) is 7.11 Å². The Labute approximate surface area is 99.8 Å². The van der Waals surface area contributed by atoms with Gasteiger partial charge in [0.25, 0.3) is 0 Å². The van der Waals surface area contributed by atoms with Crippen LogP contribution in [0.25, 0.3) is 0 Å². The molecular weight excluding hydrogens is 261 g/mol. The standard InChI is InChI=1S/C10H8ClF3O3/c1-4-5(9(15)16)3-6(10(12,13)14)8(17-2)7(4)11/h3H,1-2H3,(H,15,16). The van der Waals surface area contributed by atoms with Gasteiger partial charge in [-0.25, -0.2) is 4.79 Å². The van der Waals surface area contributed by atoms with Gasteiger partial charge in [0.15, 0.2) is 0 Å². The zero-order valence-electron chi connectivity index (χ0n) is 8.85. The summed E-state index contributed by atoms with van der Waals surface area (Å²) in [5.74, 6) is -2.04. The summed E-state index contributed by atoms with van der Waals surface area (Å²) in [5, 5.41) is 8.43. The summed E-state index contributed by atoms with van der Waals surface area (Å²) < 4.78 is 42.6. The van der Waals surface area contributed by atoms with Crippen LogP contribution in [0.15, 0.2) is 6.07 Å². The third-order valence-corrected chi connectivity index (χ3v) is 2.66. The Hall–Kier alpha value is -1.43. The van der Waals surface area contributed by atoms with Gasteiger partial charge in [-0.15, -0.1) is 0 Å². The fourth-order valence-electron chi connectivity index (χ4n) is 1.36. The Bertz CT molecular complexity index is 469. The van der Waals surface area contributed by atoms with Gasteiger partial charge in [-0.3, -0.25) is 0 Å². The van der Waals surface area contributed by atoms with Crippen molar-refractivity contribution in [3.8, 4) is 5.75 Å². The quantitative estimate of drug-likeness (QED) is 0.894. The molecule has 0 aliphatic carbocycles. The third-order valence-electron chi connectivity index (χ3n) is 2.21. The van der Waals surface area contributed by atoms with E-state index in [2.05, 4.69) is 4.74 Å². The average Bonchev–Trinajstić information content (AvgIpc) is 2.19. The number of carbonyl (C=O) groups is 1. The van der Waals surface area contributed by atoms with Gasteiger partial charge in [-0.2, -0.15) is 13.2 Å². The Morgan fingerprint density at radius 1 is 1.47 bits per heavy atom. The first-order chi connectivity index (χ1) is 7.70. The van der Waals surface area contributed by atoms with Gasteiger partial charge in [-0.05, 0) is 18.6 Å². The lowest BCUT2D eigenvalue weighted by Gasteiger charge is -2.16. The van der Waals surface area contributed by atoms with Gasteiger partial charge in [0.05, 0.1) is 23.3 Å². The molecule has 0 fully saturated rings. The number of hydrogen-bond donors (Lipinski definition) is 1. The number of ether oxygens (including phenoxy) is 1. The molecule has 1 rings (SSSR count). The molecule has 3 nitrogen and oxygen atoms in total. The maximum Gasteiger partial charge on any atom is 0.420 e. The van der Waals surface area contributed by atoms with Gasteiger partial charge >= 0.3 is 12.1 Å². The first-order valence-corrected chi connectivity index (χ1v) is 4.75. The van der Waals surface area contributed by atoms with E-state index >= 15 is 0 Å². The first kappa shape index (κ1) is 13.6. The molecule has 1 aromatic carbocycles. The van der Waals surface area contributed by atoms with Crippen LogP contribution in [-0.2, 0) is 6.18 Å². The molecule has 0 amide bonds. The number of hydrogen-bond acceptors (Lipinski definition) is 2. The van der Waals surface area contributed by atoms with Crippen molar-refractivity contribution < 1.29 is 27.8 Å². The van der Waals surface area contributed by atoms with E-state index in [1.54, 1.807) is 0 Å². The molecule has 0 heterocycles. The zero-order valence-corrected chi connectivity index (χ0v) is 9.61. The van der Waals surface area contributed by atoms with Crippen LogP contribution in [0.4, 0.5) is 13.2 Å². The number of halogens is 4. The van der Waals surface area contributed by atoms with E-state index in [1.165, 1.54) is 6.92 Å². The van der Waals surface area contributed by atoms with Crippen molar-refractivity contribution in [1.82, 2.24) is 0 Å². The second-order valence-corrected chi connectivity index (χ2v) is 3.62. The molecule has 0 atom stereocenters. The van der Waals surface area contributed by atoms with Crippen LogP contribution in [0.3, 0.4) is 0 Å². The monoisotopic (exact) mass is 268 g/mol. The summed E-state index contributed by atoms with van der Waals surface area (Å²) in [6.07, 6.45) is -4.73. The van der Waals surface area contributed by atoms with Crippen LogP contribution in [0.5, 0.6) is 5.75 Å². The molecule has 0 radical (unpaired) electrons. The minimum atomic E-state index is -4.73. The molecule has 0 bridgehead atoms. The Morgan fingerprint density at radius 3 is 2.35 bits per heavy atom. The van der Waals surface area contributed by atoms with Gasteiger partial charge in [0.1, 0.15) is 5.75 Å². The number of alkyl halides is 3. The fraction of sp³-hybridized carbons (Fsp3) is 0.300. The van der Waals surface area contributed by atoms with Crippen LogP contribution in [0, 0.1) is 6.92 Å². The van der Waals surface area contributed by atoms with Gasteiger partial charge in [0.2, 0.25) is 0 Å². The predicted molar refractivity (Wildman–Crippen MR) is 54.7 cm³/mol. The molecule has 0 saturated carbocycles. The summed E-state index contributed by atoms with van der Waals surface area (Å²) in [6.45, 7) is 1.31. The van der Waals surface area contributed by atoms with E-state index in [1.807, 2.05) is 0 Å². The van der Waals surface area contributed by atoms with Crippen LogP contribution in [0.1, 0.15) is 21.5 Å². The van der Waals surface area contributed by atoms with Crippen molar-refractivity contribution in [3.05, 3.63) is 27.8 Å². The van der Waals surface area contributed by atoms with Gasteiger partial charge in [0, 0.05) is 0 Å². The third kappa shape index (κ3) is 2.46. The maximum absolute atomic E-state index is 12.7. The predicted octanol–water partition coefficient (Wildman–Crippen LogP) is 3.37.